The van der Waals surface area contributed by atoms with Crippen molar-refractivity contribution in [2.75, 3.05) is 33.9 Å². The number of ether oxygens (including phenoxy) is 3. The van der Waals surface area contributed by atoms with Crippen molar-refractivity contribution in [3.8, 4) is 17.2 Å². The first-order chi connectivity index (χ1) is 14.1. The fourth-order valence-corrected chi connectivity index (χ4v) is 3.71. The Kier molecular flexibility index (Phi) is 7.66. The van der Waals surface area contributed by atoms with Crippen LogP contribution in [0.4, 0.5) is 8.78 Å². The van der Waals surface area contributed by atoms with E-state index in [2.05, 4.69) is 27.1 Å². The number of rotatable bonds is 10. The fourth-order valence-electron chi connectivity index (χ4n) is 3.71. The SMILES string of the molecule is COc1ccc(C(CNCc2ccc(OC(F)F)c(OC)c2)N2CCCC2)cc1. The van der Waals surface area contributed by atoms with E-state index in [1.807, 2.05) is 12.1 Å². The zero-order valence-electron chi connectivity index (χ0n) is 16.9. The Morgan fingerprint density at radius 1 is 0.966 bits per heavy atom. The third kappa shape index (κ3) is 5.81. The first-order valence-electron chi connectivity index (χ1n) is 9.81. The summed E-state index contributed by atoms with van der Waals surface area (Å²) >= 11 is 0. The Bertz CT molecular complexity index is 765. The van der Waals surface area contributed by atoms with Crippen molar-refractivity contribution in [3.05, 3.63) is 53.6 Å². The van der Waals surface area contributed by atoms with Gasteiger partial charge in [0.15, 0.2) is 11.5 Å². The molecule has 0 amide bonds. The maximum absolute atomic E-state index is 12.5. The van der Waals surface area contributed by atoms with Crippen LogP contribution in [-0.4, -0.2) is 45.4 Å². The Hall–Kier alpha value is -2.38. The summed E-state index contributed by atoms with van der Waals surface area (Å²) in [7, 11) is 3.11. The van der Waals surface area contributed by atoms with E-state index in [1.54, 1.807) is 19.2 Å². The summed E-state index contributed by atoms with van der Waals surface area (Å²) in [6.45, 7) is 0.687. The number of halogens is 2. The van der Waals surface area contributed by atoms with Gasteiger partial charge in [-0.05, 0) is 61.3 Å². The molecule has 0 saturated carbocycles. The van der Waals surface area contributed by atoms with Crippen molar-refractivity contribution in [2.45, 2.75) is 32.0 Å². The largest absolute Gasteiger partial charge is 0.497 e. The van der Waals surface area contributed by atoms with Gasteiger partial charge in [0.1, 0.15) is 5.75 Å². The maximum Gasteiger partial charge on any atom is 0.387 e. The molecule has 1 N–H and O–H groups in total. The molecule has 3 rings (SSSR count). The van der Waals surface area contributed by atoms with Crippen molar-refractivity contribution in [2.24, 2.45) is 0 Å². The van der Waals surface area contributed by atoms with E-state index in [-0.39, 0.29) is 11.8 Å². The van der Waals surface area contributed by atoms with Gasteiger partial charge in [0.2, 0.25) is 0 Å². The van der Waals surface area contributed by atoms with Crippen molar-refractivity contribution >= 4 is 0 Å². The molecule has 2 aromatic rings. The third-order valence-electron chi connectivity index (χ3n) is 5.19. The molecule has 1 aliphatic heterocycles. The lowest BCUT2D eigenvalue weighted by Gasteiger charge is -2.28. The lowest BCUT2D eigenvalue weighted by Crippen LogP contribution is -2.34. The van der Waals surface area contributed by atoms with Crippen LogP contribution in [0, 0.1) is 0 Å². The smallest absolute Gasteiger partial charge is 0.387 e. The summed E-state index contributed by atoms with van der Waals surface area (Å²) < 4.78 is 39.9. The van der Waals surface area contributed by atoms with Gasteiger partial charge in [-0.15, -0.1) is 0 Å². The van der Waals surface area contributed by atoms with Gasteiger partial charge >= 0.3 is 6.61 Å². The van der Waals surface area contributed by atoms with Crippen LogP contribution >= 0.6 is 0 Å². The van der Waals surface area contributed by atoms with Gasteiger partial charge in [0.05, 0.1) is 14.2 Å². The normalized spacial score (nSPS) is 15.5. The number of nitrogens with zero attached hydrogens (tertiary/aromatic N) is 1. The van der Waals surface area contributed by atoms with E-state index in [4.69, 9.17) is 9.47 Å². The molecule has 0 bridgehead atoms. The molecule has 1 atom stereocenters. The second-order valence-corrected chi connectivity index (χ2v) is 7.03. The van der Waals surface area contributed by atoms with Gasteiger partial charge in [-0.3, -0.25) is 4.90 Å². The molecule has 2 aromatic carbocycles. The molecule has 158 valence electrons. The highest BCUT2D eigenvalue weighted by Crippen LogP contribution is 2.30. The minimum absolute atomic E-state index is 0.0411. The maximum atomic E-state index is 12.5. The summed E-state index contributed by atoms with van der Waals surface area (Å²) in [5, 5.41) is 3.50. The van der Waals surface area contributed by atoms with E-state index < -0.39 is 6.61 Å². The number of benzene rings is 2. The van der Waals surface area contributed by atoms with Gasteiger partial charge in [0, 0.05) is 19.1 Å². The zero-order chi connectivity index (χ0) is 20.6. The first kappa shape index (κ1) is 21.3. The molecule has 7 heteroatoms. The fraction of sp³-hybridized carbons (Fsp3) is 0.455. The van der Waals surface area contributed by atoms with Crippen LogP contribution in [0.2, 0.25) is 0 Å². The number of nitrogens with one attached hydrogen (secondary N) is 1. The monoisotopic (exact) mass is 406 g/mol. The average Bonchev–Trinajstić information content (AvgIpc) is 3.26. The first-order valence-corrected chi connectivity index (χ1v) is 9.81. The number of methoxy groups -OCH3 is 2. The van der Waals surface area contributed by atoms with Gasteiger partial charge in [-0.25, -0.2) is 0 Å². The molecular weight excluding hydrogens is 378 g/mol. The van der Waals surface area contributed by atoms with Crippen LogP contribution in [0.15, 0.2) is 42.5 Å². The minimum atomic E-state index is -2.88. The number of hydrogen-bond acceptors (Lipinski definition) is 5. The molecule has 1 unspecified atom stereocenters. The molecule has 0 spiro atoms. The standard InChI is InChI=1S/C22H28F2N2O3/c1-27-18-8-6-17(7-9-18)19(26-11-3-4-12-26)15-25-14-16-5-10-20(29-22(23)24)21(13-16)28-2/h5-10,13,19,22,25H,3-4,11-12,14-15H2,1-2H3. The number of likely N-dealkylation sites (tertiary alicyclic amines) is 1. The quantitative estimate of drug-likeness (QED) is 0.640. The highest BCUT2D eigenvalue weighted by Gasteiger charge is 2.23. The van der Waals surface area contributed by atoms with E-state index in [9.17, 15) is 8.78 Å². The van der Waals surface area contributed by atoms with Gasteiger partial charge in [-0.2, -0.15) is 8.78 Å². The van der Waals surface area contributed by atoms with E-state index in [0.717, 1.165) is 30.9 Å². The van der Waals surface area contributed by atoms with Crippen LogP contribution in [-0.2, 0) is 6.54 Å². The van der Waals surface area contributed by atoms with Crippen molar-refractivity contribution in [3.63, 3.8) is 0 Å². The molecule has 1 saturated heterocycles. The summed E-state index contributed by atoms with van der Waals surface area (Å²) in [5.41, 5.74) is 2.19. The molecule has 29 heavy (non-hydrogen) atoms. The second kappa shape index (κ2) is 10.4. The third-order valence-corrected chi connectivity index (χ3v) is 5.19. The molecule has 0 aromatic heterocycles. The van der Waals surface area contributed by atoms with Crippen molar-refractivity contribution in [1.29, 1.82) is 0 Å². The molecule has 0 radical (unpaired) electrons. The molecule has 1 fully saturated rings. The summed E-state index contributed by atoms with van der Waals surface area (Å²) in [5.74, 6) is 1.19. The Labute approximate surface area is 170 Å². The Morgan fingerprint density at radius 3 is 2.31 bits per heavy atom. The number of hydrogen-bond donors (Lipinski definition) is 1. The van der Waals surface area contributed by atoms with Crippen LogP contribution in [0.3, 0.4) is 0 Å². The van der Waals surface area contributed by atoms with Crippen molar-refractivity contribution < 1.29 is 23.0 Å². The summed E-state index contributed by atoms with van der Waals surface area (Å²) in [6.07, 6.45) is 2.44. The van der Waals surface area contributed by atoms with Gasteiger partial charge < -0.3 is 19.5 Å². The molecule has 1 aliphatic rings. The Balaban J connectivity index is 1.65. The van der Waals surface area contributed by atoms with E-state index in [1.165, 1.54) is 31.6 Å². The molecule has 0 aliphatic carbocycles. The highest BCUT2D eigenvalue weighted by atomic mass is 19.3. The van der Waals surface area contributed by atoms with Crippen LogP contribution in [0.1, 0.15) is 30.0 Å². The minimum Gasteiger partial charge on any atom is -0.497 e. The van der Waals surface area contributed by atoms with Crippen LogP contribution < -0.4 is 19.5 Å². The summed E-state index contributed by atoms with van der Waals surface area (Å²) in [6, 6.07) is 13.5. The Morgan fingerprint density at radius 2 is 1.69 bits per heavy atom. The molecule has 5 nitrogen and oxygen atoms in total. The van der Waals surface area contributed by atoms with Gasteiger partial charge in [-0.1, -0.05) is 18.2 Å². The topological polar surface area (TPSA) is 43.0 Å². The van der Waals surface area contributed by atoms with Crippen LogP contribution in [0.25, 0.3) is 0 Å². The second-order valence-electron chi connectivity index (χ2n) is 7.03. The lowest BCUT2D eigenvalue weighted by atomic mass is 10.0. The van der Waals surface area contributed by atoms with E-state index >= 15 is 0 Å². The van der Waals surface area contributed by atoms with E-state index in [0.29, 0.717) is 12.3 Å². The van der Waals surface area contributed by atoms with Crippen molar-refractivity contribution in [1.82, 2.24) is 10.2 Å². The predicted octanol–water partition coefficient (Wildman–Crippen LogP) is 4.23. The van der Waals surface area contributed by atoms with Crippen LogP contribution in [0.5, 0.6) is 17.2 Å². The average molecular weight is 406 g/mol. The summed E-state index contributed by atoms with van der Waals surface area (Å²) in [4.78, 5) is 2.50. The highest BCUT2D eigenvalue weighted by molar-refractivity contribution is 5.43. The zero-order valence-corrected chi connectivity index (χ0v) is 16.9. The molecule has 1 heterocycles. The number of alkyl halides is 2. The van der Waals surface area contributed by atoms with Gasteiger partial charge in [0.25, 0.3) is 0 Å². The molecular formula is C22H28F2N2O3. The lowest BCUT2D eigenvalue weighted by molar-refractivity contribution is -0.0512. The predicted molar refractivity (Wildman–Crippen MR) is 108 cm³/mol.